The fraction of sp³-hybridized carbons (Fsp3) is 0.316. The van der Waals surface area contributed by atoms with Crippen molar-refractivity contribution in [3.8, 4) is 0 Å². The highest BCUT2D eigenvalue weighted by Gasteiger charge is 2.41. The van der Waals surface area contributed by atoms with E-state index in [2.05, 4.69) is 10.0 Å². The van der Waals surface area contributed by atoms with Gasteiger partial charge in [0.1, 0.15) is 4.90 Å². The van der Waals surface area contributed by atoms with Crippen molar-refractivity contribution >= 4 is 33.2 Å². The molecule has 0 spiro atoms. The summed E-state index contributed by atoms with van der Waals surface area (Å²) in [4.78, 5) is 11.6. The quantitative estimate of drug-likeness (QED) is 0.817. The number of carbonyl (C=O) groups excluding carboxylic acids is 1. The molecule has 6 nitrogen and oxygen atoms in total. The van der Waals surface area contributed by atoms with Crippen molar-refractivity contribution in [3.63, 3.8) is 0 Å². The van der Waals surface area contributed by atoms with E-state index in [1.54, 1.807) is 6.07 Å². The van der Waals surface area contributed by atoms with Crippen LogP contribution in [-0.4, -0.2) is 27.5 Å². The molecule has 2 aliphatic heterocycles. The van der Waals surface area contributed by atoms with Crippen LogP contribution in [0.1, 0.15) is 24.0 Å². The highest BCUT2D eigenvalue weighted by atomic mass is 35.5. The third-order valence-corrected chi connectivity index (χ3v) is 7.02. The van der Waals surface area contributed by atoms with Gasteiger partial charge >= 0.3 is 0 Å². The molecule has 142 valence electrons. The van der Waals surface area contributed by atoms with Crippen molar-refractivity contribution in [3.05, 3.63) is 58.6 Å². The number of ether oxygens (including phenoxy) is 1. The molecule has 0 aromatic heterocycles. The summed E-state index contributed by atoms with van der Waals surface area (Å²) in [7, 11) is -3.95. The minimum Gasteiger partial charge on any atom is -0.379 e. The van der Waals surface area contributed by atoms with Crippen LogP contribution in [0.3, 0.4) is 0 Å². The number of benzene rings is 2. The fourth-order valence-corrected chi connectivity index (χ4v) is 5.57. The monoisotopic (exact) mass is 406 g/mol. The van der Waals surface area contributed by atoms with Gasteiger partial charge in [-0.3, -0.25) is 4.79 Å². The second kappa shape index (κ2) is 6.91. The van der Waals surface area contributed by atoms with Crippen molar-refractivity contribution in [2.24, 2.45) is 0 Å². The zero-order chi connectivity index (χ0) is 19.1. The van der Waals surface area contributed by atoms with Crippen LogP contribution in [0.2, 0.25) is 5.02 Å². The topological polar surface area (TPSA) is 84.5 Å². The lowest BCUT2D eigenvalue weighted by Gasteiger charge is -2.29. The second-order valence-corrected chi connectivity index (χ2v) is 8.90. The number of amides is 1. The molecule has 2 aliphatic rings. The van der Waals surface area contributed by atoms with Crippen LogP contribution in [0.5, 0.6) is 0 Å². The summed E-state index contributed by atoms with van der Waals surface area (Å²) in [6.07, 6.45) is 1.42. The number of anilines is 1. The lowest BCUT2D eigenvalue weighted by atomic mass is 9.90. The third-order valence-electron chi connectivity index (χ3n) is 5.02. The number of fused-ring (bicyclic) bond motifs is 1. The Kier molecular flexibility index (Phi) is 4.71. The minimum absolute atomic E-state index is 0.0488. The Morgan fingerprint density at radius 3 is 2.63 bits per heavy atom. The first-order valence-electron chi connectivity index (χ1n) is 8.69. The van der Waals surface area contributed by atoms with Gasteiger partial charge in [0.05, 0.1) is 17.2 Å². The van der Waals surface area contributed by atoms with Crippen molar-refractivity contribution in [1.29, 1.82) is 0 Å². The Balaban J connectivity index is 1.73. The SMILES string of the molecule is O=C1CCc2cc(Cl)c(S(=O)(=O)NC3(c4ccccc4)CCOC3)cc2N1. The smallest absolute Gasteiger partial charge is 0.243 e. The molecule has 0 bridgehead atoms. The fourth-order valence-electron chi connectivity index (χ4n) is 3.59. The molecule has 2 heterocycles. The van der Waals surface area contributed by atoms with E-state index in [1.807, 2.05) is 30.3 Å². The number of sulfonamides is 1. The average molecular weight is 407 g/mol. The van der Waals surface area contributed by atoms with E-state index in [1.165, 1.54) is 6.07 Å². The minimum atomic E-state index is -3.95. The molecule has 1 unspecified atom stereocenters. The van der Waals surface area contributed by atoms with Gasteiger partial charge in [0.15, 0.2) is 0 Å². The van der Waals surface area contributed by atoms with E-state index in [9.17, 15) is 13.2 Å². The Morgan fingerprint density at radius 1 is 1.15 bits per heavy atom. The van der Waals surface area contributed by atoms with E-state index in [0.29, 0.717) is 31.6 Å². The first kappa shape index (κ1) is 18.4. The normalized spacial score (nSPS) is 22.3. The van der Waals surface area contributed by atoms with Crippen molar-refractivity contribution in [1.82, 2.24) is 4.72 Å². The van der Waals surface area contributed by atoms with E-state index in [4.69, 9.17) is 16.3 Å². The number of nitrogens with one attached hydrogen (secondary N) is 2. The molecule has 27 heavy (non-hydrogen) atoms. The number of aryl methyl sites for hydroxylation is 1. The van der Waals surface area contributed by atoms with Gasteiger partial charge in [0.2, 0.25) is 15.9 Å². The lowest BCUT2D eigenvalue weighted by Crippen LogP contribution is -2.46. The van der Waals surface area contributed by atoms with Crippen LogP contribution in [0, 0.1) is 0 Å². The number of hydrogen-bond donors (Lipinski definition) is 2. The van der Waals surface area contributed by atoms with Crippen LogP contribution in [0.15, 0.2) is 47.4 Å². The second-order valence-electron chi connectivity index (χ2n) is 6.84. The molecule has 2 N–H and O–H groups in total. The molecule has 2 aromatic rings. The summed E-state index contributed by atoms with van der Waals surface area (Å²) >= 11 is 6.30. The number of rotatable bonds is 4. The van der Waals surface area contributed by atoms with Crippen LogP contribution >= 0.6 is 11.6 Å². The number of carbonyl (C=O) groups is 1. The summed E-state index contributed by atoms with van der Waals surface area (Å²) in [5.74, 6) is -0.133. The van der Waals surface area contributed by atoms with Crippen LogP contribution < -0.4 is 10.0 Å². The maximum atomic E-state index is 13.2. The Morgan fingerprint density at radius 2 is 1.93 bits per heavy atom. The summed E-state index contributed by atoms with van der Waals surface area (Å²) in [5.41, 5.74) is 1.32. The molecule has 0 aliphatic carbocycles. The first-order valence-corrected chi connectivity index (χ1v) is 10.6. The Labute approximate surface area is 162 Å². The maximum absolute atomic E-state index is 13.2. The predicted octanol–water partition coefficient (Wildman–Crippen LogP) is 2.82. The van der Waals surface area contributed by atoms with Gasteiger partial charge in [-0.25, -0.2) is 8.42 Å². The molecular weight excluding hydrogens is 388 g/mol. The highest BCUT2D eigenvalue weighted by Crippen LogP contribution is 2.36. The number of hydrogen-bond acceptors (Lipinski definition) is 4. The van der Waals surface area contributed by atoms with E-state index >= 15 is 0 Å². The zero-order valence-electron chi connectivity index (χ0n) is 14.5. The first-order chi connectivity index (χ1) is 12.9. The molecule has 1 fully saturated rings. The molecule has 1 amide bonds. The maximum Gasteiger partial charge on any atom is 0.243 e. The Hall–Kier alpha value is -1.93. The van der Waals surface area contributed by atoms with Gasteiger partial charge in [-0.05, 0) is 36.1 Å². The standard InChI is InChI=1S/C19H19ClN2O4S/c20-15-10-13-6-7-18(23)21-16(13)11-17(15)27(24,25)22-19(8-9-26-12-19)14-4-2-1-3-5-14/h1-5,10-11,22H,6-9,12H2,(H,21,23). The lowest BCUT2D eigenvalue weighted by molar-refractivity contribution is -0.116. The van der Waals surface area contributed by atoms with Gasteiger partial charge in [-0.1, -0.05) is 41.9 Å². The Bertz CT molecular complexity index is 986. The van der Waals surface area contributed by atoms with E-state index in [0.717, 1.165) is 11.1 Å². The van der Waals surface area contributed by atoms with Gasteiger partial charge in [0.25, 0.3) is 0 Å². The molecule has 2 aromatic carbocycles. The van der Waals surface area contributed by atoms with Crippen molar-refractivity contribution in [2.45, 2.75) is 29.7 Å². The van der Waals surface area contributed by atoms with Gasteiger partial charge in [-0.2, -0.15) is 4.72 Å². The average Bonchev–Trinajstić information content (AvgIpc) is 3.11. The van der Waals surface area contributed by atoms with Crippen molar-refractivity contribution in [2.75, 3.05) is 18.5 Å². The van der Waals surface area contributed by atoms with Crippen LogP contribution in [0.4, 0.5) is 5.69 Å². The van der Waals surface area contributed by atoms with Gasteiger partial charge in [0, 0.05) is 18.7 Å². The highest BCUT2D eigenvalue weighted by molar-refractivity contribution is 7.89. The van der Waals surface area contributed by atoms with Crippen LogP contribution in [-0.2, 0) is 31.5 Å². The van der Waals surface area contributed by atoms with Crippen molar-refractivity contribution < 1.29 is 17.9 Å². The van der Waals surface area contributed by atoms with Gasteiger partial charge in [-0.15, -0.1) is 0 Å². The molecule has 1 atom stereocenters. The summed E-state index contributed by atoms with van der Waals surface area (Å²) in [6.45, 7) is 0.709. The van der Waals surface area contributed by atoms with E-state index < -0.39 is 15.6 Å². The molecule has 1 saturated heterocycles. The van der Waals surface area contributed by atoms with E-state index in [-0.39, 0.29) is 22.4 Å². The predicted molar refractivity (Wildman–Crippen MR) is 102 cm³/mol. The molecule has 0 saturated carbocycles. The molecule has 8 heteroatoms. The molecule has 0 radical (unpaired) electrons. The summed E-state index contributed by atoms with van der Waals surface area (Å²) in [5, 5.41) is 2.86. The largest absolute Gasteiger partial charge is 0.379 e. The molecule has 4 rings (SSSR count). The summed E-state index contributed by atoms with van der Waals surface area (Å²) in [6, 6.07) is 12.4. The molecular formula is C19H19ClN2O4S. The number of halogens is 1. The zero-order valence-corrected chi connectivity index (χ0v) is 16.1. The summed E-state index contributed by atoms with van der Waals surface area (Å²) < 4.78 is 34.7. The van der Waals surface area contributed by atoms with Gasteiger partial charge < -0.3 is 10.1 Å². The van der Waals surface area contributed by atoms with Crippen LogP contribution in [0.25, 0.3) is 0 Å². The third kappa shape index (κ3) is 3.48.